The Balaban J connectivity index is 1.56. The molecule has 1 aliphatic heterocycles. The molecule has 2 aromatic carbocycles. The Labute approximate surface area is 185 Å². The van der Waals surface area contributed by atoms with Crippen molar-refractivity contribution in [1.29, 1.82) is 0 Å². The van der Waals surface area contributed by atoms with Crippen LogP contribution in [0.2, 0.25) is 10.0 Å². The molecule has 0 aromatic heterocycles. The number of nitrogens with zero attached hydrogens (tertiary/aromatic N) is 2. The predicted octanol–water partition coefficient (Wildman–Crippen LogP) is 4.50. The van der Waals surface area contributed by atoms with Gasteiger partial charge in [-0.05, 0) is 49.6 Å². The van der Waals surface area contributed by atoms with Crippen molar-refractivity contribution in [3.63, 3.8) is 0 Å². The summed E-state index contributed by atoms with van der Waals surface area (Å²) in [6, 6.07) is 12.4. The highest BCUT2D eigenvalue weighted by molar-refractivity contribution is 7.98. The summed E-state index contributed by atoms with van der Waals surface area (Å²) in [4.78, 5) is 30.3. The molecule has 1 heterocycles. The molecule has 1 N–H and O–H groups in total. The van der Waals surface area contributed by atoms with Gasteiger partial charge >= 0.3 is 0 Å². The Hall–Kier alpha value is -1.73. The average molecular weight is 452 g/mol. The first kappa shape index (κ1) is 22.0. The highest BCUT2D eigenvalue weighted by atomic mass is 35.5. The SMILES string of the molecule is CSc1cccc(NC(=O)C(C)N2CCN(C(=O)c3ccc(Cl)cc3Cl)CC2)c1. The van der Waals surface area contributed by atoms with E-state index in [2.05, 4.69) is 10.2 Å². The van der Waals surface area contributed by atoms with Crippen LogP contribution in [0.3, 0.4) is 0 Å². The Morgan fingerprint density at radius 3 is 2.45 bits per heavy atom. The number of nitrogens with one attached hydrogen (secondary N) is 1. The van der Waals surface area contributed by atoms with Gasteiger partial charge in [0, 0.05) is 41.8 Å². The molecule has 0 radical (unpaired) electrons. The van der Waals surface area contributed by atoms with E-state index in [0.29, 0.717) is 41.8 Å². The number of hydrogen-bond donors (Lipinski definition) is 1. The number of benzene rings is 2. The molecule has 1 unspecified atom stereocenters. The molecule has 1 aliphatic rings. The van der Waals surface area contributed by atoms with Gasteiger partial charge in [-0.2, -0.15) is 0 Å². The maximum absolute atomic E-state index is 12.7. The van der Waals surface area contributed by atoms with Gasteiger partial charge in [0.1, 0.15) is 0 Å². The van der Waals surface area contributed by atoms with Crippen LogP contribution in [0.1, 0.15) is 17.3 Å². The molecule has 2 aromatic rings. The second-order valence-corrected chi connectivity index (χ2v) is 8.57. The average Bonchev–Trinajstić information content (AvgIpc) is 2.73. The fraction of sp³-hybridized carbons (Fsp3) is 0.333. The van der Waals surface area contributed by atoms with E-state index in [4.69, 9.17) is 23.2 Å². The van der Waals surface area contributed by atoms with Gasteiger partial charge in [-0.15, -0.1) is 11.8 Å². The minimum absolute atomic E-state index is 0.0521. The van der Waals surface area contributed by atoms with E-state index in [0.717, 1.165) is 10.6 Å². The highest BCUT2D eigenvalue weighted by Gasteiger charge is 2.28. The van der Waals surface area contributed by atoms with E-state index in [1.54, 1.807) is 34.9 Å². The molecular weight excluding hydrogens is 429 g/mol. The van der Waals surface area contributed by atoms with Crippen molar-refractivity contribution >= 4 is 52.5 Å². The van der Waals surface area contributed by atoms with Gasteiger partial charge in [-0.3, -0.25) is 14.5 Å². The Kier molecular flexibility index (Phi) is 7.46. The molecule has 1 atom stereocenters. The number of rotatable bonds is 5. The molecule has 0 spiro atoms. The van der Waals surface area contributed by atoms with Gasteiger partial charge in [0.2, 0.25) is 5.91 Å². The molecule has 1 saturated heterocycles. The van der Waals surface area contributed by atoms with E-state index >= 15 is 0 Å². The van der Waals surface area contributed by atoms with Gasteiger partial charge in [0.15, 0.2) is 0 Å². The zero-order valence-electron chi connectivity index (χ0n) is 16.3. The van der Waals surface area contributed by atoms with Gasteiger partial charge < -0.3 is 10.2 Å². The molecule has 8 heteroatoms. The fourth-order valence-electron chi connectivity index (χ4n) is 3.26. The molecule has 1 fully saturated rings. The van der Waals surface area contributed by atoms with Crippen molar-refractivity contribution in [1.82, 2.24) is 9.80 Å². The zero-order chi connectivity index (χ0) is 21.0. The zero-order valence-corrected chi connectivity index (χ0v) is 18.7. The number of carbonyl (C=O) groups excluding carboxylic acids is 2. The fourth-order valence-corrected chi connectivity index (χ4v) is 4.21. The van der Waals surface area contributed by atoms with Crippen LogP contribution < -0.4 is 5.32 Å². The summed E-state index contributed by atoms with van der Waals surface area (Å²) in [7, 11) is 0. The van der Waals surface area contributed by atoms with Gasteiger partial charge in [-0.1, -0.05) is 29.3 Å². The lowest BCUT2D eigenvalue weighted by atomic mass is 10.1. The van der Waals surface area contributed by atoms with Crippen molar-refractivity contribution in [3.8, 4) is 0 Å². The number of halogens is 2. The third kappa shape index (κ3) is 5.45. The first-order chi connectivity index (χ1) is 13.9. The summed E-state index contributed by atoms with van der Waals surface area (Å²) >= 11 is 13.7. The second kappa shape index (κ2) is 9.85. The molecule has 5 nitrogen and oxygen atoms in total. The number of piperazine rings is 1. The van der Waals surface area contributed by atoms with Crippen LogP contribution in [0.25, 0.3) is 0 Å². The summed E-state index contributed by atoms with van der Waals surface area (Å²) < 4.78 is 0. The van der Waals surface area contributed by atoms with Crippen LogP contribution in [0.4, 0.5) is 5.69 Å². The molecule has 2 amide bonds. The molecular formula is C21H23Cl2N3O2S. The maximum atomic E-state index is 12.7. The summed E-state index contributed by atoms with van der Waals surface area (Å²) in [6.45, 7) is 4.21. The van der Waals surface area contributed by atoms with E-state index in [-0.39, 0.29) is 17.9 Å². The standard InChI is InChI=1S/C21H23Cl2N3O2S/c1-14(20(27)24-16-4-3-5-17(13-16)29-2)25-8-10-26(11-9-25)21(28)18-7-6-15(22)12-19(18)23/h3-7,12-14H,8-11H2,1-2H3,(H,24,27). The second-order valence-electron chi connectivity index (χ2n) is 6.85. The van der Waals surface area contributed by atoms with E-state index in [9.17, 15) is 9.59 Å². The van der Waals surface area contributed by atoms with Crippen LogP contribution in [-0.4, -0.2) is 60.1 Å². The van der Waals surface area contributed by atoms with Crippen LogP contribution in [0.5, 0.6) is 0 Å². The number of amides is 2. The number of hydrogen-bond acceptors (Lipinski definition) is 4. The minimum Gasteiger partial charge on any atom is -0.336 e. The number of thioether (sulfide) groups is 1. The summed E-state index contributed by atoms with van der Waals surface area (Å²) in [5.74, 6) is -0.166. The van der Waals surface area contributed by atoms with Gasteiger partial charge in [0.25, 0.3) is 5.91 Å². The Bertz CT molecular complexity index is 901. The number of anilines is 1. The summed E-state index contributed by atoms with van der Waals surface area (Å²) in [5, 5.41) is 3.83. The van der Waals surface area contributed by atoms with Crippen LogP contribution in [-0.2, 0) is 4.79 Å². The van der Waals surface area contributed by atoms with Crippen molar-refractivity contribution in [2.75, 3.05) is 37.8 Å². The summed E-state index contributed by atoms with van der Waals surface area (Å²) in [6.07, 6.45) is 2.00. The third-order valence-electron chi connectivity index (χ3n) is 5.03. The van der Waals surface area contributed by atoms with Gasteiger partial charge in [0.05, 0.1) is 16.6 Å². The van der Waals surface area contributed by atoms with Crippen molar-refractivity contribution in [2.24, 2.45) is 0 Å². The topological polar surface area (TPSA) is 52.7 Å². The molecule has 0 aliphatic carbocycles. The molecule has 3 rings (SSSR count). The highest BCUT2D eigenvalue weighted by Crippen LogP contribution is 2.23. The lowest BCUT2D eigenvalue weighted by molar-refractivity contribution is -0.121. The van der Waals surface area contributed by atoms with E-state index in [1.807, 2.05) is 37.4 Å². The Morgan fingerprint density at radius 1 is 1.07 bits per heavy atom. The molecule has 0 saturated carbocycles. The molecule has 29 heavy (non-hydrogen) atoms. The largest absolute Gasteiger partial charge is 0.336 e. The van der Waals surface area contributed by atoms with Crippen LogP contribution >= 0.6 is 35.0 Å². The summed E-state index contributed by atoms with van der Waals surface area (Å²) in [5.41, 5.74) is 1.24. The lowest BCUT2D eigenvalue weighted by Crippen LogP contribution is -2.54. The Morgan fingerprint density at radius 2 is 1.79 bits per heavy atom. The quantitative estimate of drug-likeness (QED) is 0.679. The maximum Gasteiger partial charge on any atom is 0.255 e. The normalized spacial score (nSPS) is 15.8. The van der Waals surface area contributed by atoms with Crippen molar-refractivity contribution < 1.29 is 9.59 Å². The monoisotopic (exact) mass is 451 g/mol. The molecule has 154 valence electrons. The van der Waals surface area contributed by atoms with E-state index in [1.165, 1.54) is 0 Å². The molecule has 0 bridgehead atoms. The predicted molar refractivity (Wildman–Crippen MR) is 120 cm³/mol. The number of carbonyl (C=O) groups is 2. The minimum atomic E-state index is -0.288. The lowest BCUT2D eigenvalue weighted by Gasteiger charge is -2.37. The van der Waals surface area contributed by atoms with Crippen LogP contribution in [0, 0.1) is 0 Å². The first-order valence-electron chi connectivity index (χ1n) is 9.32. The smallest absolute Gasteiger partial charge is 0.255 e. The van der Waals surface area contributed by atoms with E-state index < -0.39 is 0 Å². The third-order valence-corrected chi connectivity index (χ3v) is 6.30. The first-order valence-corrected chi connectivity index (χ1v) is 11.3. The van der Waals surface area contributed by atoms with Crippen molar-refractivity contribution in [2.45, 2.75) is 17.9 Å². The van der Waals surface area contributed by atoms with Gasteiger partial charge in [-0.25, -0.2) is 0 Å². The van der Waals surface area contributed by atoms with Crippen molar-refractivity contribution in [3.05, 3.63) is 58.1 Å². The van der Waals surface area contributed by atoms with Crippen LogP contribution in [0.15, 0.2) is 47.4 Å².